The molecular formula is C27H34F2N8O2. The lowest BCUT2D eigenvalue weighted by molar-refractivity contribution is -0.0443. The van der Waals surface area contributed by atoms with E-state index in [0.29, 0.717) is 60.1 Å². The first-order valence-corrected chi connectivity index (χ1v) is 13.5. The summed E-state index contributed by atoms with van der Waals surface area (Å²) in [7, 11) is 3.70. The van der Waals surface area contributed by atoms with Gasteiger partial charge in [0.05, 0.1) is 19.9 Å². The van der Waals surface area contributed by atoms with Crippen molar-refractivity contribution in [3.63, 3.8) is 0 Å². The number of nitrogens with two attached hydrogens (primary N) is 1. The molecule has 2 atom stereocenters. The van der Waals surface area contributed by atoms with Crippen LogP contribution < -0.4 is 15.8 Å². The monoisotopic (exact) mass is 540 g/mol. The first kappa shape index (κ1) is 25.7. The Balaban J connectivity index is 1.21. The average Bonchev–Trinajstić information content (AvgIpc) is 3.62. The Morgan fingerprint density at radius 3 is 2.69 bits per heavy atom. The number of likely N-dealkylation sites (N-methyl/N-ethyl adjacent to an activating group) is 1. The Bertz CT molecular complexity index is 1380. The number of alkyl halides is 2. The number of hydrogen-bond donors (Lipinski definition) is 2. The van der Waals surface area contributed by atoms with Gasteiger partial charge in [0.15, 0.2) is 5.82 Å². The third kappa shape index (κ3) is 4.97. The van der Waals surface area contributed by atoms with Crippen molar-refractivity contribution in [3.8, 4) is 5.75 Å². The number of rotatable bonds is 7. The SMILES string of the molecule is COc1cc(C(=O)N2C[C@H]3C[C@@H]2CN3C)ccc1Cn1ncc2nc(N)nc(NCC3CCC(F)(F)CC3)c21. The Morgan fingerprint density at radius 1 is 1.21 bits per heavy atom. The molecule has 39 heavy (non-hydrogen) atoms. The van der Waals surface area contributed by atoms with Crippen molar-refractivity contribution in [1.82, 2.24) is 29.5 Å². The zero-order chi connectivity index (χ0) is 27.3. The minimum atomic E-state index is -2.56. The standard InChI is InChI=1S/C27H34F2N8O2/c1-35-14-20-10-19(35)15-36(20)25(38)17-3-4-18(22(9-17)39-2)13-37-23-21(12-32-37)33-26(30)34-24(23)31-11-16-5-7-27(28,29)8-6-16/h3-4,9,12,16,19-20H,5-8,10-11,13-15H2,1-2H3,(H3,30,31,33,34)/t19-,20-/m1/s1. The van der Waals surface area contributed by atoms with Crippen molar-refractivity contribution in [2.75, 3.05) is 44.8 Å². The zero-order valence-electron chi connectivity index (χ0n) is 22.2. The topological polar surface area (TPSA) is 114 Å². The number of nitrogen functional groups attached to an aromatic ring is 1. The Hall–Kier alpha value is -3.54. The number of piperazine rings is 1. The van der Waals surface area contributed by atoms with Gasteiger partial charge in [-0.1, -0.05) is 6.07 Å². The van der Waals surface area contributed by atoms with Crippen molar-refractivity contribution in [2.45, 2.75) is 56.7 Å². The fourth-order valence-electron chi connectivity index (χ4n) is 6.25. The van der Waals surface area contributed by atoms with Gasteiger partial charge in [0.25, 0.3) is 5.91 Å². The Morgan fingerprint density at radius 2 is 2.00 bits per heavy atom. The van der Waals surface area contributed by atoms with E-state index in [1.165, 1.54) is 0 Å². The Labute approximate surface area is 225 Å². The summed E-state index contributed by atoms with van der Waals surface area (Å²) in [6.45, 7) is 2.54. The average molecular weight is 541 g/mol. The second kappa shape index (κ2) is 9.89. The molecular weight excluding hydrogens is 506 g/mol. The third-order valence-corrected chi connectivity index (χ3v) is 8.53. The second-order valence-electron chi connectivity index (χ2n) is 11.1. The molecule has 12 heteroatoms. The summed E-state index contributed by atoms with van der Waals surface area (Å²) in [5, 5.41) is 7.84. The normalized spacial score (nSPS) is 23.0. The van der Waals surface area contributed by atoms with Crippen LogP contribution in [0.5, 0.6) is 5.75 Å². The van der Waals surface area contributed by atoms with Crippen LogP contribution in [0.1, 0.15) is 48.0 Å². The van der Waals surface area contributed by atoms with Gasteiger partial charge in [0.2, 0.25) is 11.9 Å². The van der Waals surface area contributed by atoms with E-state index < -0.39 is 5.92 Å². The molecule has 0 spiro atoms. The number of aromatic nitrogens is 4. The molecule has 0 radical (unpaired) electrons. The molecule has 3 aliphatic rings. The van der Waals surface area contributed by atoms with Gasteiger partial charge in [-0.05, 0) is 44.4 Å². The summed E-state index contributed by atoms with van der Waals surface area (Å²) in [6.07, 6.45) is 3.39. The number of benzene rings is 1. The van der Waals surface area contributed by atoms with E-state index in [2.05, 4.69) is 32.3 Å². The molecule has 3 N–H and O–H groups in total. The molecule has 10 nitrogen and oxygen atoms in total. The number of nitrogens with zero attached hydrogens (tertiary/aromatic N) is 6. The van der Waals surface area contributed by atoms with Crippen molar-refractivity contribution < 1.29 is 18.3 Å². The molecule has 3 aromatic rings. The summed E-state index contributed by atoms with van der Waals surface area (Å²) < 4.78 is 34.6. The molecule has 1 aliphatic carbocycles. The zero-order valence-corrected chi connectivity index (χ0v) is 22.2. The molecule has 208 valence electrons. The third-order valence-electron chi connectivity index (χ3n) is 8.53. The van der Waals surface area contributed by atoms with E-state index in [-0.39, 0.29) is 36.7 Å². The molecule has 3 fully saturated rings. The molecule has 6 rings (SSSR count). The summed E-state index contributed by atoms with van der Waals surface area (Å²) in [4.78, 5) is 26.3. The van der Waals surface area contributed by atoms with Crippen LogP contribution in [0.15, 0.2) is 24.4 Å². The van der Waals surface area contributed by atoms with Gasteiger partial charge >= 0.3 is 0 Å². The number of carbonyl (C=O) groups excluding carboxylic acids is 1. The number of halogens is 2. The van der Waals surface area contributed by atoms with Crippen LogP contribution in [0.4, 0.5) is 20.5 Å². The van der Waals surface area contributed by atoms with Gasteiger partial charge < -0.3 is 20.7 Å². The van der Waals surface area contributed by atoms with Crippen LogP contribution in [0, 0.1) is 5.92 Å². The number of nitrogens with one attached hydrogen (secondary N) is 1. The van der Waals surface area contributed by atoms with Crippen LogP contribution >= 0.6 is 0 Å². The minimum absolute atomic E-state index is 0.0285. The summed E-state index contributed by atoms with van der Waals surface area (Å²) in [5.41, 5.74) is 8.65. The molecule has 1 aromatic carbocycles. The predicted octanol–water partition coefficient (Wildman–Crippen LogP) is 3.23. The molecule has 2 bridgehead atoms. The quantitative estimate of drug-likeness (QED) is 0.470. The molecule has 0 unspecified atom stereocenters. The van der Waals surface area contributed by atoms with Gasteiger partial charge in [-0.25, -0.2) is 13.8 Å². The maximum absolute atomic E-state index is 13.6. The maximum atomic E-state index is 13.6. The van der Waals surface area contributed by atoms with Crippen LogP contribution in [0.25, 0.3) is 11.0 Å². The maximum Gasteiger partial charge on any atom is 0.254 e. The molecule has 2 aliphatic heterocycles. The van der Waals surface area contributed by atoms with Gasteiger partial charge in [0.1, 0.15) is 16.8 Å². The van der Waals surface area contributed by atoms with Crippen molar-refractivity contribution in [1.29, 1.82) is 0 Å². The Kier molecular flexibility index (Phi) is 6.52. The number of methoxy groups -OCH3 is 1. The highest BCUT2D eigenvalue weighted by atomic mass is 19.3. The van der Waals surface area contributed by atoms with Crippen LogP contribution in [-0.4, -0.2) is 87.3 Å². The van der Waals surface area contributed by atoms with Crippen LogP contribution in [-0.2, 0) is 6.54 Å². The largest absolute Gasteiger partial charge is 0.496 e. The lowest BCUT2D eigenvalue weighted by Gasteiger charge is -2.32. The smallest absolute Gasteiger partial charge is 0.254 e. The lowest BCUT2D eigenvalue weighted by Crippen LogP contribution is -2.47. The van der Waals surface area contributed by atoms with E-state index in [4.69, 9.17) is 10.5 Å². The van der Waals surface area contributed by atoms with E-state index in [1.807, 2.05) is 17.0 Å². The van der Waals surface area contributed by atoms with E-state index in [0.717, 1.165) is 25.1 Å². The number of likely N-dealkylation sites (tertiary alicyclic amines) is 2. The summed E-state index contributed by atoms with van der Waals surface area (Å²) >= 11 is 0. The van der Waals surface area contributed by atoms with Crippen molar-refractivity contribution in [3.05, 3.63) is 35.5 Å². The molecule has 2 saturated heterocycles. The first-order valence-electron chi connectivity index (χ1n) is 13.5. The summed E-state index contributed by atoms with van der Waals surface area (Å²) in [6, 6.07) is 6.23. The minimum Gasteiger partial charge on any atom is -0.496 e. The van der Waals surface area contributed by atoms with E-state index in [9.17, 15) is 13.6 Å². The highest BCUT2D eigenvalue weighted by Gasteiger charge is 2.43. The van der Waals surface area contributed by atoms with Crippen LogP contribution in [0.2, 0.25) is 0 Å². The number of fused-ring (bicyclic) bond motifs is 3. The number of carbonyl (C=O) groups is 1. The van der Waals surface area contributed by atoms with Crippen LogP contribution in [0.3, 0.4) is 0 Å². The highest BCUT2D eigenvalue weighted by Crippen LogP contribution is 2.36. The number of hydrogen-bond acceptors (Lipinski definition) is 8. The van der Waals surface area contributed by atoms with Gasteiger partial charge in [0, 0.05) is 55.7 Å². The van der Waals surface area contributed by atoms with Gasteiger partial charge in [-0.2, -0.15) is 10.1 Å². The predicted molar refractivity (Wildman–Crippen MR) is 143 cm³/mol. The molecule has 1 amide bonds. The van der Waals surface area contributed by atoms with Gasteiger partial charge in [-0.3, -0.25) is 14.4 Å². The number of anilines is 2. The molecule has 1 saturated carbocycles. The fourth-order valence-corrected chi connectivity index (χ4v) is 6.25. The number of ether oxygens (including phenoxy) is 1. The summed E-state index contributed by atoms with van der Waals surface area (Å²) in [5.74, 6) is -1.18. The second-order valence-corrected chi connectivity index (χ2v) is 11.1. The van der Waals surface area contributed by atoms with E-state index >= 15 is 0 Å². The van der Waals surface area contributed by atoms with Gasteiger partial charge in [-0.15, -0.1) is 0 Å². The fraction of sp³-hybridized carbons (Fsp3) is 0.556. The van der Waals surface area contributed by atoms with Crippen molar-refractivity contribution >= 4 is 28.7 Å². The highest BCUT2D eigenvalue weighted by molar-refractivity contribution is 5.95. The van der Waals surface area contributed by atoms with E-state index in [1.54, 1.807) is 24.1 Å². The van der Waals surface area contributed by atoms with Crippen molar-refractivity contribution in [2.24, 2.45) is 5.92 Å². The molecule has 4 heterocycles. The number of amides is 1. The molecule has 2 aromatic heterocycles. The lowest BCUT2D eigenvalue weighted by atomic mass is 9.87. The first-order chi connectivity index (χ1) is 18.7.